The van der Waals surface area contributed by atoms with Crippen LogP contribution in [0.5, 0.6) is 0 Å². The maximum absolute atomic E-state index is 10.1. The monoisotopic (exact) mass is 227 g/mol. The molecule has 0 aromatic rings. The highest BCUT2D eigenvalue weighted by Crippen LogP contribution is 2.55. The van der Waals surface area contributed by atoms with Crippen LogP contribution in [0.1, 0.15) is 0 Å². The minimum Gasteiger partial charge on any atom is -1.00 e. The van der Waals surface area contributed by atoms with Crippen LogP contribution in [-0.4, -0.2) is 25.1 Å². The molecule has 0 heterocycles. The van der Waals surface area contributed by atoms with Gasteiger partial charge in [0.1, 0.15) is 0 Å². The third-order valence-electron chi connectivity index (χ3n) is 0.777. The smallest absolute Gasteiger partial charge is 0.395 e. The van der Waals surface area contributed by atoms with Gasteiger partial charge in [-0.1, -0.05) is 0 Å². The highest BCUT2D eigenvalue weighted by Gasteiger charge is 2.43. The quantitative estimate of drug-likeness (QED) is 0.299. The van der Waals surface area contributed by atoms with Crippen molar-refractivity contribution in [3.63, 3.8) is 0 Å². The van der Waals surface area contributed by atoms with Crippen molar-refractivity contribution in [1.29, 1.82) is 0 Å². The molecule has 0 spiro atoms. The first-order valence-electron chi connectivity index (χ1n) is 2.09. The summed E-state index contributed by atoms with van der Waals surface area (Å²) in [5.74, 6) is 0. The van der Waals surface area contributed by atoms with Crippen molar-refractivity contribution >= 4 is 15.2 Å². The summed E-state index contributed by atoms with van der Waals surface area (Å²) in [7, 11) is -9.51. The van der Waals surface area contributed by atoms with Crippen LogP contribution in [0.25, 0.3) is 0 Å². The second-order valence-electron chi connectivity index (χ2n) is 1.66. The molecule has 70 valence electrons. The van der Waals surface area contributed by atoms with Crippen molar-refractivity contribution < 1.29 is 46.8 Å². The average Bonchev–Trinajstić information content (AvgIpc) is 1.59. The van der Waals surface area contributed by atoms with Gasteiger partial charge in [0.05, 0.1) is 0 Å². The Hall–Kier alpha value is 0.550. The van der Waals surface area contributed by atoms with E-state index in [0.29, 0.717) is 0 Å². The lowest BCUT2D eigenvalue weighted by Crippen LogP contribution is -3.00. The zero-order valence-corrected chi connectivity index (χ0v) is 7.71. The Morgan fingerprint density at radius 2 is 1.18 bits per heavy atom. The van der Waals surface area contributed by atoms with Crippen molar-refractivity contribution in [2.24, 2.45) is 0 Å². The van der Waals surface area contributed by atoms with Crippen molar-refractivity contribution in [2.75, 3.05) is 0 Å². The maximum Gasteiger partial charge on any atom is 0.395 e. The highest BCUT2D eigenvalue weighted by atomic mass is 35.5. The largest absolute Gasteiger partial charge is 1.00 e. The lowest BCUT2D eigenvalue weighted by Gasteiger charge is -2.10. The van der Waals surface area contributed by atoms with E-state index >= 15 is 0 Å². The van der Waals surface area contributed by atoms with Gasteiger partial charge in [0.2, 0.25) is 0 Å². The molecule has 0 saturated carbocycles. The molecule has 7 N–H and O–H groups in total. The molecule has 11 heavy (non-hydrogen) atoms. The Morgan fingerprint density at radius 3 is 1.18 bits per heavy atom. The second kappa shape index (κ2) is 3.98. The summed E-state index contributed by atoms with van der Waals surface area (Å²) in [6, 6.07) is 0. The molecule has 0 radical (unpaired) electrons. The summed E-state index contributed by atoms with van der Waals surface area (Å²) in [6.07, 6.45) is 0. The number of hydrogen-bond acceptors (Lipinski definition) is 2. The molecule has 7 nitrogen and oxygen atoms in total. The van der Waals surface area contributed by atoms with E-state index < -0.39 is 20.7 Å². The van der Waals surface area contributed by atoms with E-state index in [0.717, 1.165) is 0 Å². The van der Waals surface area contributed by atoms with E-state index in [9.17, 15) is 9.13 Å². The van der Waals surface area contributed by atoms with Gasteiger partial charge in [-0.05, 0) is 0 Å². The average molecular weight is 227 g/mol. The van der Waals surface area contributed by atoms with Crippen LogP contribution in [0.15, 0.2) is 0 Å². The molecule has 0 amide bonds. The van der Waals surface area contributed by atoms with E-state index in [-0.39, 0.29) is 12.4 Å². The maximum atomic E-state index is 10.1. The molecule has 0 aliphatic heterocycles. The van der Waals surface area contributed by atoms with Crippen molar-refractivity contribution in [2.45, 2.75) is 5.52 Å². The lowest BCUT2D eigenvalue weighted by molar-refractivity contribution is -0.369. The summed E-state index contributed by atoms with van der Waals surface area (Å²) < 4.78 is 20.2. The Morgan fingerprint density at radius 1 is 1.00 bits per heavy atom. The fraction of sp³-hybridized carbons (Fsp3) is 1.00. The summed E-state index contributed by atoms with van der Waals surface area (Å²) in [6.45, 7) is 0. The first-order valence-corrected chi connectivity index (χ1v) is 5.45. The van der Waals surface area contributed by atoms with Crippen molar-refractivity contribution in [1.82, 2.24) is 0 Å². The normalized spacial score (nSPS) is 12.9. The van der Waals surface area contributed by atoms with Gasteiger partial charge >= 0.3 is 15.2 Å². The third-order valence-corrected chi connectivity index (χ3v) is 4.13. The fourth-order valence-corrected chi connectivity index (χ4v) is 1.76. The molecule has 0 aliphatic carbocycles. The van der Waals surface area contributed by atoms with Gasteiger partial charge in [0, 0.05) is 0 Å². The molecular formula is CH8ClNO6P2. The molecule has 0 saturated heterocycles. The van der Waals surface area contributed by atoms with Crippen LogP contribution >= 0.6 is 15.2 Å². The molecule has 0 rings (SSSR count). The Balaban J connectivity index is 0. The minimum absolute atomic E-state index is 0. The topological polar surface area (TPSA) is 143 Å². The van der Waals surface area contributed by atoms with Crippen molar-refractivity contribution in [3.8, 4) is 0 Å². The SMILES string of the molecule is [Cl-].[NH3+]C(P(=O)(O)O)P(=O)(O)O. The first-order chi connectivity index (χ1) is 4.15. The van der Waals surface area contributed by atoms with Crippen LogP contribution in [-0.2, 0) is 9.13 Å². The van der Waals surface area contributed by atoms with Gasteiger partial charge in [0.15, 0.2) is 0 Å². The third kappa shape index (κ3) is 4.90. The zero-order chi connectivity index (χ0) is 8.58. The second-order valence-corrected chi connectivity index (χ2v) is 5.67. The van der Waals surface area contributed by atoms with Crippen LogP contribution in [0.4, 0.5) is 0 Å². The van der Waals surface area contributed by atoms with Gasteiger partial charge in [0.25, 0.3) is 5.52 Å². The molecule has 0 aromatic heterocycles. The molecule has 0 atom stereocenters. The summed E-state index contributed by atoms with van der Waals surface area (Å²) >= 11 is 0. The van der Waals surface area contributed by atoms with Crippen LogP contribution in [0, 0.1) is 0 Å². The van der Waals surface area contributed by atoms with E-state index in [1.165, 1.54) is 0 Å². The Labute approximate surface area is 68.3 Å². The summed E-state index contributed by atoms with van der Waals surface area (Å²) in [5.41, 5.74) is 0.502. The molecule has 0 aromatic carbocycles. The molecule has 10 heteroatoms. The van der Waals surface area contributed by atoms with E-state index in [1.54, 1.807) is 0 Å². The summed E-state index contributed by atoms with van der Waals surface area (Å²) in [5, 5.41) is 0. The highest BCUT2D eigenvalue weighted by molar-refractivity contribution is 7.70. The zero-order valence-electron chi connectivity index (χ0n) is 5.16. The van der Waals surface area contributed by atoms with Gasteiger partial charge < -0.3 is 37.7 Å². The van der Waals surface area contributed by atoms with Gasteiger partial charge in [-0.3, -0.25) is 9.13 Å². The minimum atomic E-state index is -4.75. The van der Waals surface area contributed by atoms with Crippen LogP contribution in [0.2, 0.25) is 0 Å². The predicted octanol–water partition coefficient (Wildman–Crippen LogP) is -5.13. The molecule has 0 aliphatic rings. The van der Waals surface area contributed by atoms with Crippen LogP contribution < -0.4 is 18.1 Å². The molecule has 0 unspecified atom stereocenters. The molecule has 0 fully saturated rings. The van der Waals surface area contributed by atoms with Gasteiger partial charge in [-0.15, -0.1) is 0 Å². The fourth-order valence-electron chi connectivity index (χ4n) is 0.196. The van der Waals surface area contributed by atoms with Crippen LogP contribution in [0.3, 0.4) is 0 Å². The molecular weight excluding hydrogens is 219 g/mol. The van der Waals surface area contributed by atoms with E-state index in [1.807, 2.05) is 0 Å². The number of quaternary nitrogens is 1. The first kappa shape index (κ1) is 14.1. The Kier molecular flexibility index (Phi) is 5.10. The van der Waals surface area contributed by atoms with Gasteiger partial charge in [-0.25, -0.2) is 0 Å². The number of hydrogen-bond donors (Lipinski definition) is 5. The van der Waals surface area contributed by atoms with Crippen molar-refractivity contribution in [3.05, 3.63) is 0 Å². The van der Waals surface area contributed by atoms with Gasteiger partial charge in [-0.2, -0.15) is 0 Å². The van der Waals surface area contributed by atoms with E-state index in [2.05, 4.69) is 5.73 Å². The standard InChI is InChI=1S/CH7NO6P2.ClH/c2-1(9(3,4)5)10(6,7)8;/h1H,2H2,(H2,3,4,5)(H2,6,7,8);1H. The lowest BCUT2D eigenvalue weighted by atomic mass is 11.5. The predicted molar refractivity (Wildman–Crippen MR) is 30.8 cm³/mol. The molecule has 0 bridgehead atoms. The van der Waals surface area contributed by atoms with E-state index in [4.69, 9.17) is 19.6 Å². The summed E-state index contributed by atoms with van der Waals surface area (Å²) in [4.78, 5) is 32.7. The number of halogens is 1. The number of rotatable bonds is 2. The Bertz CT molecular complexity index is 183.